The predicted octanol–water partition coefficient (Wildman–Crippen LogP) is 8.11. The molecule has 28 heavy (non-hydrogen) atoms. The molecule has 0 aliphatic heterocycles. The van der Waals surface area contributed by atoms with Crippen LogP contribution in [-0.2, 0) is 0 Å². The molecule has 0 nitrogen and oxygen atoms in total. The predicted molar refractivity (Wildman–Crippen MR) is 126 cm³/mol. The van der Waals surface area contributed by atoms with Crippen LogP contribution in [-0.4, -0.2) is 0 Å². The summed E-state index contributed by atoms with van der Waals surface area (Å²) in [7, 11) is 0. The van der Waals surface area contributed by atoms with Gasteiger partial charge < -0.3 is 0 Å². The second-order valence-electron chi connectivity index (χ2n) is 6.89. The van der Waals surface area contributed by atoms with E-state index >= 15 is 0 Å². The van der Waals surface area contributed by atoms with E-state index in [0.29, 0.717) is 0 Å². The van der Waals surface area contributed by atoms with Crippen LogP contribution in [0.15, 0.2) is 104 Å². The molecule has 3 rings (SSSR count). The van der Waals surface area contributed by atoms with Crippen molar-refractivity contribution < 1.29 is 0 Å². The van der Waals surface area contributed by atoms with Gasteiger partial charge >= 0.3 is 0 Å². The van der Waals surface area contributed by atoms with Crippen LogP contribution in [0.4, 0.5) is 0 Å². The van der Waals surface area contributed by atoms with Crippen LogP contribution in [0.25, 0.3) is 16.7 Å². The van der Waals surface area contributed by atoms with Crippen molar-refractivity contribution in [3.05, 3.63) is 126 Å². The molecule has 3 aromatic carbocycles. The molecule has 0 aromatic heterocycles. The minimum Gasteiger partial charge on any atom is -0.0991 e. The van der Waals surface area contributed by atoms with Gasteiger partial charge in [0.1, 0.15) is 0 Å². The molecule has 0 amide bonds. The minimum atomic E-state index is 1.23. The molecule has 0 saturated carbocycles. The van der Waals surface area contributed by atoms with E-state index in [4.69, 9.17) is 0 Å². The van der Waals surface area contributed by atoms with E-state index in [1.54, 1.807) is 6.08 Å². The molecule has 0 fully saturated rings. The molecule has 142 valence electrons. The Bertz CT molecular complexity index is 939. The van der Waals surface area contributed by atoms with E-state index in [0.717, 1.165) is 0 Å². The molecule has 0 aliphatic carbocycles. The topological polar surface area (TPSA) is 0 Å². The first-order valence-electron chi connectivity index (χ1n) is 9.70. The van der Waals surface area contributed by atoms with E-state index < -0.39 is 0 Å². The molecule has 0 aliphatic rings. The Morgan fingerprint density at radius 3 is 2.04 bits per heavy atom. The van der Waals surface area contributed by atoms with Crippen LogP contribution >= 0.6 is 0 Å². The minimum absolute atomic E-state index is 1.23. The Morgan fingerprint density at radius 2 is 1.43 bits per heavy atom. The van der Waals surface area contributed by atoms with Crippen molar-refractivity contribution in [3.63, 3.8) is 0 Å². The van der Waals surface area contributed by atoms with Gasteiger partial charge in [0.25, 0.3) is 0 Å². The first-order chi connectivity index (χ1) is 13.5. The normalized spacial score (nSPS) is 11.1. The van der Waals surface area contributed by atoms with Crippen LogP contribution in [0.5, 0.6) is 0 Å². The zero-order chi connectivity index (χ0) is 20.4. The highest BCUT2D eigenvalue weighted by molar-refractivity contribution is 5.74. The molecular formula is C28H30. The molecule has 3 aromatic rings. The third-order valence-corrected chi connectivity index (χ3v) is 4.59. The van der Waals surface area contributed by atoms with Gasteiger partial charge in [0.15, 0.2) is 0 Å². The number of allylic oxidation sites excluding steroid dienone is 5. The fourth-order valence-corrected chi connectivity index (χ4v) is 2.94. The summed E-state index contributed by atoms with van der Waals surface area (Å²) >= 11 is 0. The summed E-state index contributed by atoms with van der Waals surface area (Å²) < 4.78 is 0. The van der Waals surface area contributed by atoms with E-state index in [1.807, 2.05) is 13.0 Å². The first kappa shape index (κ1) is 21.2. The fraction of sp³-hybridized carbons (Fsp3) is 0.143. The maximum absolute atomic E-state index is 3.66. The molecule has 0 N–H and O–H groups in total. The van der Waals surface area contributed by atoms with Crippen molar-refractivity contribution in [3.8, 4) is 11.1 Å². The Balaban J connectivity index is 0.000000200. The summed E-state index contributed by atoms with van der Waals surface area (Å²) in [5.74, 6) is 0. The summed E-state index contributed by atoms with van der Waals surface area (Å²) in [6, 6.07) is 25.6. The summed E-state index contributed by atoms with van der Waals surface area (Å²) in [4.78, 5) is 0. The fourth-order valence-electron chi connectivity index (χ4n) is 2.94. The smallest absolute Gasteiger partial charge is 0.0152 e. The summed E-state index contributed by atoms with van der Waals surface area (Å²) in [6.45, 7) is 12.1. The molecule has 0 bridgehead atoms. The number of aryl methyl sites for hydroxylation is 3. The van der Waals surface area contributed by atoms with Crippen molar-refractivity contribution in [2.24, 2.45) is 0 Å². The Labute approximate surface area is 170 Å². The number of benzene rings is 3. The molecule has 0 saturated heterocycles. The number of rotatable bonds is 4. The quantitative estimate of drug-likeness (QED) is 0.409. The molecule has 0 unspecified atom stereocenters. The average molecular weight is 367 g/mol. The van der Waals surface area contributed by atoms with Crippen molar-refractivity contribution >= 4 is 5.57 Å². The van der Waals surface area contributed by atoms with Crippen LogP contribution in [0.3, 0.4) is 0 Å². The highest BCUT2D eigenvalue weighted by Gasteiger charge is 2.00. The summed E-state index contributed by atoms with van der Waals surface area (Å²) in [5, 5.41) is 0. The maximum Gasteiger partial charge on any atom is -0.0152 e. The summed E-state index contributed by atoms with van der Waals surface area (Å²) in [5.41, 5.74) is 9.05. The van der Waals surface area contributed by atoms with E-state index in [9.17, 15) is 0 Å². The van der Waals surface area contributed by atoms with Crippen LogP contribution in [0.2, 0.25) is 0 Å². The molecule has 0 spiro atoms. The van der Waals surface area contributed by atoms with Gasteiger partial charge in [0.05, 0.1) is 0 Å². The van der Waals surface area contributed by atoms with Crippen LogP contribution < -0.4 is 0 Å². The number of hydrogen-bond acceptors (Lipinski definition) is 0. The van der Waals surface area contributed by atoms with Crippen LogP contribution in [0.1, 0.15) is 29.2 Å². The molecule has 0 heterocycles. The lowest BCUT2D eigenvalue weighted by atomic mass is 9.99. The zero-order valence-electron chi connectivity index (χ0n) is 17.4. The van der Waals surface area contributed by atoms with Gasteiger partial charge in [-0.15, -0.1) is 0 Å². The standard InChI is InChI=1S/C14H14.C14H16/c1-11-8-9-12(2)14(10-11)13-6-4-3-5-7-13;1-4-6-7-13(5-2)14-10-8-12(3)9-11-14/h3-10H,1-2H3;4-11H,1H2,2-3H3/b;7-6-,13-5-. The van der Waals surface area contributed by atoms with Gasteiger partial charge in [0, 0.05) is 0 Å². The molecule has 0 radical (unpaired) electrons. The Hall–Kier alpha value is -3.12. The lowest BCUT2D eigenvalue weighted by Crippen LogP contribution is -1.83. The largest absolute Gasteiger partial charge is 0.0991 e. The zero-order valence-corrected chi connectivity index (χ0v) is 17.4. The van der Waals surface area contributed by atoms with Gasteiger partial charge in [-0.05, 0) is 55.5 Å². The monoisotopic (exact) mass is 366 g/mol. The second-order valence-corrected chi connectivity index (χ2v) is 6.89. The van der Waals surface area contributed by atoms with Crippen LogP contribution in [0, 0.1) is 20.8 Å². The third-order valence-electron chi connectivity index (χ3n) is 4.59. The lowest BCUT2D eigenvalue weighted by molar-refractivity contribution is 1.39. The third kappa shape index (κ3) is 6.25. The van der Waals surface area contributed by atoms with E-state index in [-0.39, 0.29) is 0 Å². The van der Waals surface area contributed by atoms with Gasteiger partial charge in [-0.3, -0.25) is 0 Å². The van der Waals surface area contributed by atoms with Crippen molar-refractivity contribution in [1.29, 1.82) is 0 Å². The Kier molecular flexibility index (Phi) is 8.24. The SMILES string of the molecule is C=C/C=C\C(=C\C)c1ccc(C)cc1.Cc1ccc(C)c(-c2ccccc2)c1. The highest BCUT2D eigenvalue weighted by atomic mass is 14.0. The van der Waals surface area contributed by atoms with Crippen molar-refractivity contribution in [2.75, 3.05) is 0 Å². The van der Waals surface area contributed by atoms with Gasteiger partial charge in [0.2, 0.25) is 0 Å². The van der Waals surface area contributed by atoms with Gasteiger partial charge in [-0.1, -0.05) is 115 Å². The van der Waals surface area contributed by atoms with E-state index in [1.165, 1.54) is 39.0 Å². The molecule has 0 atom stereocenters. The van der Waals surface area contributed by atoms with Gasteiger partial charge in [-0.2, -0.15) is 0 Å². The summed E-state index contributed by atoms with van der Waals surface area (Å²) in [6.07, 6.45) is 7.91. The van der Waals surface area contributed by atoms with Crippen molar-refractivity contribution in [1.82, 2.24) is 0 Å². The second kappa shape index (κ2) is 10.9. The van der Waals surface area contributed by atoms with Crippen molar-refractivity contribution in [2.45, 2.75) is 27.7 Å². The number of hydrogen-bond donors (Lipinski definition) is 0. The molecular weight excluding hydrogens is 336 g/mol. The Morgan fingerprint density at radius 1 is 0.786 bits per heavy atom. The van der Waals surface area contributed by atoms with Gasteiger partial charge in [-0.25, -0.2) is 0 Å². The first-order valence-corrected chi connectivity index (χ1v) is 9.70. The maximum atomic E-state index is 3.66. The lowest BCUT2D eigenvalue weighted by Gasteiger charge is -2.06. The van der Waals surface area contributed by atoms with E-state index in [2.05, 4.69) is 112 Å². The molecule has 0 heteroatoms. The highest BCUT2D eigenvalue weighted by Crippen LogP contribution is 2.23. The average Bonchev–Trinajstić information content (AvgIpc) is 2.73.